The smallest absolute Gasteiger partial charge is 0.261 e. The minimum absolute atomic E-state index is 0.0157. The van der Waals surface area contributed by atoms with Crippen molar-refractivity contribution in [3.8, 4) is 5.75 Å². The number of nitrogens with one attached hydrogen (secondary N) is 1. The Bertz CT molecular complexity index is 1050. The van der Waals surface area contributed by atoms with Crippen molar-refractivity contribution >= 4 is 23.4 Å². The molecule has 0 bridgehead atoms. The third-order valence-electron chi connectivity index (χ3n) is 4.59. The molecule has 0 fully saturated rings. The molecule has 0 aliphatic carbocycles. The molecule has 3 aromatic carbocycles. The fraction of sp³-hybridized carbons (Fsp3) is 0.0455. The number of hydrogen-bond donors (Lipinski definition) is 2. The molecule has 0 spiro atoms. The van der Waals surface area contributed by atoms with E-state index in [2.05, 4.69) is 5.32 Å². The van der Waals surface area contributed by atoms with Crippen LogP contribution < -0.4 is 5.32 Å². The zero-order valence-corrected chi connectivity index (χ0v) is 14.8. The number of amides is 3. The second kappa shape index (κ2) is 7.00. The maximum absolute atomic E-state index is 12.4. The summed E-state index contributed by atoms with van der Waals surface area (Å²) in [6, 6.07) is 19.8. The highest BCUT2D eigenvalue weighted by atomic mass is 16.3. The average Bonchev–Trinajstić information content (AvgIpc) is 2.95. The highest BCUT2D eigenvalue weighted by Gasteiger charge is 2.34. The Morgan fingerprint density at radius 1 is 0.821 bits per heavy atom. The molecule has 1 aliphatic rings. The van der Waals surface area contributed by atoms with Gasteiger partial charge in [-0.05, 0) is 42.0 Å². The van der Waals surface area contributed by atoms with Crippen LogP contribution in [0.4, 0.5) is 5.69 Å². The van der Waals surface area contributed by atoms with Gasteiger partial charge >= 0.3 is 0 Å². The zero-order chi connectivity index (χ0) is 19.7. The molecule has 0 saturated carbocycles. The Balaban J connectivity index is 1.47. The highest BCUT2D eigenvalue weighted by molar-refractivity contribution is 6.21. The number of aromatic hydroxyl groups is 1. The maximum atomic E-state index is 12.4. The number of benzene rings is 3. The summed E-state index contributed by atoms with van der Waals surface area (Å²) in [5, 5.41) is 12.4. The number of phenolic OH excluding ortho intramolecular Hbond substituents is 1. The molecule has 2 N–H and O–H groups in total. The number of phenols is 1. The van der Waals surface area contributed by atoms with E-state index < -0.39 is 0 Å². The summed E-state index contributed by atoms with van der Waals surface area (Å²) in [5.74, 6) is -1.02. The van der Waals surface area contributed by atoms with Crippen molar-refractivity contribution in [2.75, 3.05) is 5.32 Å². The van der Waals surface area contributed by atoms with E-state index in [4.69, 9.17) is 0 Å². The SMILES string of the molecule is O=C(Nc1ccccc1O)c1ccc(CN2C(=O)c3ccccc3C2=O)cc1. The van der Waals surface area contributed by atoms with Gasteiger partial charge in [0, 0.05) is 5.56 Å². The number of fused-ring (bicyclic) bond motifs is 1. The zero-order valence-electron chi connectivity index (χ0n) is 14.8. The number of hydrogen-bond acceptors (Lipinski definition) is 4. The molecule has 1 heterocycles. The van der Waals surface area contributed by atoms with Crippen molar-refractivity contribution in [2.45, 2.75) is 6.54 Å². The van der Waals surface area contributed by atoms with Crippen molar-refractivity contribution in [3.63, 3.8) is 0 Å². The van der Waals surface area contributed by atoms with E-state index in [9.17, 15) is 19.5 Å². The van der Waals surface area contributed by atoms with Crippen LogP contribution in [0.2, 0.25) is 0 Å². The molecule has 0 aromatic heterocycles. The first-order chi connectivity index (χ1) is 13.5. The van der Waals surface area contributed by atoms with Crippen LogP contribution in [0.3, 0.4) is 0 Å². The number of para-hydroxylation sites is 2. The number of nitrogens with zero attached hydrogens (tertiary/aromatic N) is 1. The second-order valence-corrected chi connectivity index (χ2v) is 6.41. The first-order valence-corrected chi connectivity index (χ1v) is 8.68. The van der Waals surface area contributed by atoms with Gasteiger partial charge < -0.3 is 10.4 Å². The predicted molar refractivity (Wildman–Crippen MR) is 103 cm³/mol. The molecule has 3 aromatic rings. The third-order valence-corrected chi connectivity index (χ3v) is 4.59. The number of imide groups is 1. The molecule has 0 atom stereocenters. The summed E-state index contributed by atoms with van der Waals surface area (Å²) in [4.78, 5) is 38.4. The van der Waals surface area contributed by atoms with Gasteiger partial charge in [0.1, 0.15) is 5.75 Å². The number of anilines is 1. The van der Waals surface area contributed by atoms with Crippen LogP contribution in [-0.4, -0.2) is 27.7 Å². The van der Waals surface area contributed by atoms with Gasteiger partial charge in [-0.2, -0.15) is 0 Å². The van der Waals surface area contributed by atoms with Crippen LogP contribution in [-0.2, 0) is 6.54 Å². The molecule has 6 nitrogen and oxygen atoms in total. The Hall–Kier alpha value is -3.93. The van der Waals surface area contributed by atoms with Gasteiger partial charge in [0.15, 0.2) is 0 Å². The summed E-state index contributed by atoms with van der Waals surface area (Å²) in [6.07, 6.45) is 0. The first-order valence-electron chi connectivity index (χ1n) is 8.68. The normalized spacial score (nSPS) is 12.8. The van der Waals surface area contributed by atoms with Crippen molar-refractivity contribution in [2.24, 2.45) is 0 Å². The first kappa shape index (κ1) is 17.5. The minimum atomic E-state index is -0.367. The van der Waals surface area contributed by atoms with Crippen molar-refractivity contribution in [3.05, 3.63) is 95.1 Å². The van der Waals surface area contributed by atoms with Crippen LogP contribution in [0, 0.1) is 0 Å². The second-order valence-electron chi connectivity index (χ2n) is 6.41. The van der Waals surface area contributed by atoms with E-state index in [0.717, 1.165) is 5.56 Å². The molecule has 1 aliphatic heterocycles. The van der Waals surface area contributed by atoms with Gasteiger partial charge in [-0.1, -0.05) is 36.4 Å². The Morgan fingerprint density at radius 3 is 2.00 bits per heavy atom. The van der Waals surface area contributed by atoms with Crippen LogP contribution in [0.5, 0.6) is 5.75 Å². The Labute approximate surface area is 161 Å². The lowest BCUT2D eigenvalue weighted by atomic mass is 10.1. The Kier molecular flexibility index (Phi) is 4.37. The fourth-order valence-corrected chi connectivity index (χ4v) is 3.10. The summed E-state index contributed by atoms with van der Waals surface area (Å²) in [6.45, 7) is 0.133. The van der Waals surface area contributed by atoms with Crippen molar-refractivity contribution < 1.29 is 19.5 Å². The van der Waals surface area contributed by atoms with Crippen LogP contribution in [0.1, 0.15) is 36.6 Å². The van der Waals surface area contributed by atoms with Gasteiger partial charge in [-0.15, -0.1) is 0 Å². The monoisotopic (exact) mass is 372 g/mol. The van der Waals surface area contributed by atoms with Gasteiger partial charge in [-0.3, -0.25) is 19.3 Å². The molecule has 3 amide bonds. The molecular weight excluding hydrogens is 356 g/mol. The maximum Gasteiger partial charge on any atom is 0.261 e. The molecular formula is C22H16N2O4. The molecule has 0 radical (unpaired) electrons. The average molecular weight is 372 g/mol. The molecule has 6 heteroatoms. The summed E-state index contributed by atoms with van der Waals surface area (Å²) in [5.41, 5.74) is 2.27. The lowest BCUT2D eigenvalue weighted by Gasteiger charge is -2.14. The van der Waals surface area contributed by atoms with Crippen LogP contribution >= 0.6 is 0 Å². The summed E-state index contributed by atoms with van der Waals surface area (Å²) >= 11 is 0. The van der Waals surface area contributed by atoms with E-state index >= 15 is 0 Å². The van der Waals surface area contributed by atoms with Gasteiger partial charge in [-0.25, -0.2) is 0 Å². The molecule has 4 rings (SSSR count). The topological polar surface area (TPSA) is 86.7 Å². The van der Waals surface area contributed by atoms with E-state index in [-0.39, 0.29) is 30.0 Å². The predicted octanol–water partition coefficient (Wildman–Crippen LogP) is 3.44. The van der Waals surface area contributed by atoms with Crippen molar-refractivity contribution in [1.29, 1.82) is 0 Å². The lowest BCUT2D eigenvalue weighted by Crippen LogP contribution is -2.29. The molecule has 0 unspecified atom stereocenters. The summed E-state index contributed by atoms with van der Waals surface area (Å²) < 4.78 is 0. The van der Waals surface area contributed by atoms with E-state index in [0.29, 0.717) is 22.4 Å². The molecule has 28 heavy (non-hydrogen) atoms. The quantitative estimate of drug-likeness (QED) is 0.543. The largest absolute Gasteiger partial charge is 0.506 e. The van der Waals surface area contributed by atoms with Gasteiger partial charge in [0.2, 0.25) is 0 Å². The van der Waals surface area contributed by atoms with Crippen LogP contribution in [0.15, 0.2) is 72.8 Å². The summed E-state index contributed by atoms with van der Waals surface area (Å²) in [7, 11) is 0. The number of rotatable bonds is 4. The van der Waals surface area contributed by atoms with Crippen LogP contribution in [0.25, 0.3) is 0 Å². The fourth-order valence-electron chi connectivity index (χ4n) is 3.10. The van der Waals surface area contributed by atoms with E-state index in [1.165, 1.54) is 11.0 Å². The Morgan fingerprint density at radius 2 is 1.39 bits per heavy atom. The minimum Gasteiger partial charge on any atom is -0.506 e. The number of carbonyl (C=O) groups excluding carboxylic acids is 3. The van der Waals surface area contributed by atoms with E-state index in [1.807, 2.05) is 0 Å². The van der Waals surface area contributed by atoms with Crippen molar-refractivity contribution in [1.82, 2.24) is 4.90 Å². The lowest BCUT2D eigenvalue weighted by molar-refractivity contribution is 0.0642. The van der Waals surface area contributed by atoms with Gasteiger partial charge in [0.05, 0.1) is 23.4 Å². The van der Waals surface area contributed by atoms with E-state index in [1.54, 1.807) is 66.7 Å². The number of carbonyl (C=O) groups is 3. The van der Waals surface area contributed by atoms with Gasteiger partial charge in [0.25, 0.3) is 17.7 Å². The highest BCUT2D eigenvalue weighted by Crippen LogP contribution is 2.25. The molecule has 0 saturated heterocycles. The standard InChI is InChI=1S/C22H16N2O4/c25-19-8-4-3-7-18(19)23-20(26)15-11-9-14(10-12-15)13-24-21(27)16-5-1-2-6-17(16)22(24)28/h1-12,25H,13H2,(H,23,26). The molecule has 138 valence electrons. The third kappa shape index (κ3) is 3.12.